The number of imidazole rings is 1. The average molecular weight is 246 g/mol. The molecule has 0 amide bonds. The number of benzene rings is 1. The van der Waals surface area contributed by atoms with Crippen molar-refractivity contribution in [1.82, 2.24) is 9.97 Å². The number of methoxy groups -OCH3 is 2. The van der Waals surface area contributed by atoms with Crippen LogP contribution in [-0.2, 0) is 16.0 Å². The van der Waals surface area contributed by atoms with Crippen LogP contribution >= 0.6 is 0 Å². The Labute approximate surface area is 105 Å². The number of aromatic nitrogens is 2. The normalized spacial score (nSPS) is 10.1. The number of aromatic amines is 1. The third-order valence-electron chi connectivity index (χ3n) is 2.55. The Hall–Kier alpha value is -2.30. The van der Waals surface area contributed by atoms with Crippen molar-refractivity contribution in [2.24, 2.45) is 0 Å². The van der Waals surface area contributed by atoms with E-state index in [1.165, 1.54) is 7.11 Å². The minimum absolute atomic E-state index is 0.139. The number of hydrogen-bond donors (Lipinski definition) is 1. The van der Waals surface area contributed by atoms with E-state index in [9.17, 15) is 4.79 Å². The minimum Gasteiger partial charge on any atom is -0.497 e. The summed E-state index contributed by atoms with van der Waals surface area (Å²) in [5.74, 6) is 1.04. The summed E-state index contributed by atoms with van der Waals surface area (Å²) < 4.78 is 9.74. The quantitative estimate of drug-likeness (QED) is 0.835. The highest BCUT2D eigenvalue weighted by molar-refractivity contribution is 5.71. The Bertz CT molecular complexity index is 549. The SMILES string of the molecule is COC(=O)Cc1ncc(-c2cccc(OC)c2)[nH]1. The van der Waals surface area contributed by atoms with Crippen molar-refractivity contribution >= 4 is 5.97 Å². The molecule has 1 N–H and O–H groups in total. The first kappa shape index (κ1) is 12.2. The third kappa shape index (κ3) is 2.68. The molecule has 0 saturated heterocycles. The first-order chi connectivity index (χ1) is 8.72. The van der Waals surface area contributed by atoms with Gasteiger partial charge >= 0.3 is 5.97 Å². The standard InChI is InChI=1S/C13H14N2O3/c1-17-10-5-3-4-9(6-10)11-8-14-12(15-11)7-13(16)18-2/h3-6,8H,7H2,1-2H3,(H,14,15). The van der Waals surface area contributed by atoms with Gasteiger partial charge in [-0.2, -0.15) is 0 Å². The van der Waals surface area contributed by atoms with Crippen LogP contribution < -0.4 is 4.74 Å². The summed E-state index contributed by atoms with van der Waals surface area (Å²) in [7, 11) is 2.98. The molecule has 0 unspecified atom stereocenters. The first-order valence-corrected chi connectivity index (χ1v) is 5.48. The molecule has 0 fully saturated rings. The molecule has 0 saturated carbocycles. The van der Waals surface area contributed by atoms with E-state index in [2.05, 4.69) is 14.7 Å². The fourth-order valence-electron chi connectivity index (χ4n) is 1.60. The van der Waals surface area contributed by atoms with Gasteiger partial charge in [0.05, 0.1) is 26.1 Å². The van der Waals surface area contributed by atoms with Gasteiger partial charge in [-0.15, -0.1) is 0 Å². The van der Waals surface area contributed by atoms with Crippen molar-refractivity contribution in [3.8, 4) is 17.0 Å². The molecule has 0 atom stereocenters. The van der Waals surface area contributed by atoms with Crippen LogP contribution in [0.5, 0.6) is 5.75 Å². The van der Waals surface area contributed by atoms with Crippen molar-refractivity contribution < 1.29 is 14.3 Å². The second-order valence-corrected chi connectivity index (χ2v) is 3.73. The molecule has 0 bridgehead atoms. The zero-order valence-corrected chi connectivity index (χ0v) is 10.3. The molecule has 0 aliphatic rings. The van der Waals surface area contributed by atoms with Crippen LogP contribution in [0.3, 0.4) is 0 Å². The van der Waals surface area contributed by atoms with Gasteiger partial charge < -0.3 is 14.5 Å². The van der Waals surface area contributed by atoms with Crippen molar-refractivity contribution in [1.29, 1.82) is 0 Å². The number of H-pyrrole nitrogens is 1. The van der Waals surface area contributed by atoms with Gasteiger partial charge in [-0.05, 0) is 12.1 Å². The van der Waals surface area contributed by atoms with E-state index in [0.717, 1.165) is 17.0 Å². The molecular weight excluding hydrogens is 232 g/mol. The predicted octanol–water partition coefficient (Wildman–Crippen LogP) is 1.80. The van der Waals surface area contributed by atoms with Gasteiger partial charge in [0.25, 0.3) is 0 Å². The Morgan fingerprint density at radius 3 is 2.94 bits per heavy atom. The lowest BCUT2D eigenvalue weighted by Crippen LogP contribution is -2.05. The molecular formula is C13H14N2O3. The largest absolute Gasteiger partial charge is 0.497 e. The maximum atomic E-state index is 11.1. The monoisotopic (exact) mass is 246 g/mol. The van der Waals surface area contributed by atoms with E-state index in [4.69, 9.17) is 4.74 Å². The minimum atomic E-state index is -0.318. The van der Waals surface area contributed by atoms with Crippen LogP contribution in [0.1, 0.15) is 5.82 Å². The van der Waals surface area contributed by atoms with Crippen LogP contribution in [-0.4, -0.2) is 30.2 Å². The lowest BCUT2D eigenvalue weighted by atomic mass is 10.1. The number of ether oxygens (including phenoxy) is 2. The number of nitrogens with one attached hydrogen (secondary N) is 1. The Morgan fingerprint density at radius 2 is 2.22 bits per heavy atom. The van der Waals surface area contributed by atoms with Gasteiger partial charge in [0.1, 0.15) is 18.0 Å². The summed E-state index contributed by atoms with van der Waals surface area (Å²) >= 11 is 0. The van der Waals surface area contributed by atoms with Crippen molar-refractivity contribution in [3.63, 3.8) is 0 Å². The van der Waals surface area contributed by atoms with Crippen molar-refractivity contribution in [2.75, 3.05) is 14.2 Å². The second kappa shape index (κ2) is 5.35. The van der Waals surface area contributed by atoms with Gasteiger partial charge in [-0.3, -0.25) is 4.79 Å². The molecule has 2 aromatic rings. The van der Waals surface area contributed by atoms with Crippen LogP contribution in [0.4, 0.5) is 0 Å². The molecule has 2 rings (SSSR count). The summed E-state index contributed by atoms with van der Waals surface area (Å²) in [6.45, 7) is 0. The Kier molecular flexibility index (Phi) is 3.62. The summed E-state index contributed by atoms with van der Waals surface area (Å²) in [5, 5.41) is 0. The highest BCUT2D eigenvalue weighted by atomic mass is 16.5. The topological polar surface area (TPSA) is 64.2 Å². The molecule has 94 valence electrons. The molecule has 5 nitrogen and oxygen atoms in total. The fourth-order valence-corrected chi connectivity index (χ4v) is 1.60. The molecule has 0 spiro atoms. The Balaban J connectivity index is 2.20. The highest BCUT2D eigenvalue weighted by Crippen LogP contribution is 2.22. The van der Waals surface area contributed by atoms with Gasteiger partial charge in [0, 0.05) is 5.56 Å². The molecule has 18 heavy (non-hydrogen) atoms. The van der Waals surface area contributed by atoms with E-state index in [1.54, 1.807) is 13.3 Å². The summed E-state index contributed by atoms with van der Waals surface area (Å²) in [6.07, 6.45) is 1.83. The van der Waals surface area contributed by atoms with Crippen LogP contribution in [0, 0.1) is 0 Å². The van der Waals surface area contributed by atoms with Crippen LogP contribution in [0.15, 0.2) is 30.5 Å². The molecule has 5 heteroatoms. The Morgan fingerprint density at radius 1 is 1.39 bits per heavy atom. The molecule has 1 aromatic heterocycles. The number of nitrogens with zero attached hydrogens (tertiary/aromatic N) is 1. The number of carbonyl (C=O) groups is 1. The molecule has 0 radical (unpaired) electrons. The van der Waals surface area contributed by atoms with Gasteiger partial charge in [-0.1, -0.05) is 12.1 Å². The summed E-state index contributed by atoms with van der Waals surface area (Å²) in [6, 6.07) is 7.61. The van der Waals surface area contributed by atoms with Crippen LogP contribution in [0.2, 0.25) is 0 Å². The highest BCUT2D eigenvalue weighted by Gasteiger charge is 2.08. The predicted molar refractivity (Wildman–Crippen MR) is 66.3 cm³/mol. The van der Waals surface area contributed by atoms with E-state index in [-0.39, 0.29) is 12.4 Å². The third-order valence-corrected chi connectivity index (χ3v) is 2.55. The maximum Gasteiger partial charge on any atom is 0.313 e. The fraction of sp³-hybridized carbons (Fsp3) is 0.231. The second-order valence-electron chi connectivity index (χ2n) is 3.73. The lowest BCUT2D eigenvalue weighted by Gasteiger charge is -2.02. The first-order valence-electron chi connectivity index (χ1n) is 5.48. The number of carbonyl (C=O) groups excluding carboxylic acids is 1. The van der Waals surface area contributed by atoms with Gasteiger partial charge in [0.2, 0.25) is 0 Å². The van der Waals surface area contributed by atoms with Crippen molar-refractivity contribution in [2.45, 2.75) is 6.42 Å². The molecule has 1 heterocycles. The van der Waals surface area contributed by atoms with E-state index >= 15 is 0 Å². The summed E-state index contributed by atoms with van der Waals surface area (Å²) in [4.78, 5) is 18.3. The number of esters is 1. The smallest absolute Gasteiger partial charge is 0.313 e. The van der Waals surface area contributed by atoms with Crippen LogP contribution in [0.25, 0.3) is 11.3 Å². The molecule has 0 aliphatic carbocycles. The zero-order valence-electron chi connectivity index (χ0n) is 10.3. The average Bonchev–Trinajstić information content (AvgIpc) is 2.87. The van der Waals surface area contributed by atoms with E-state index in [0.29, 0.717) is 5.82 Å². The maximum absolute atomic E-state index is 11.1. The number of rotatable bonds is 4. The molecule has 0 aliphatic heterocycles. The zero-order chi connectivity index (χ0) is 13.0. The molecule has 1 aromatic carbocycles. The van der Waals surface area contributed by atoms with E-state index in [1.807, 2.05) is 24.3 Å². The van der Waals surface area contributed by atoms with E-state index < -0.39 is 0 Å². The number of hydrogen-bond acceptors (Lipinski definition) is 4. The van der Waals surface area contributed by atoms with Crippen molar-refractivity contribution in [3.05, 3.63) is 36.3 Å². The summed E-state index contributed by atoms with van der Waals surface area (Å²) in [5.41, 5.74) is 1.80. The van der Waals surface area contributed by atoms with Gasteiger partial charge in [0.15, 0.2) is 0 Å². The lowest BCUT2D eigenvalue weighted by molar-refractivity contribution is -0.139. The van der Waals surface area contributed by atoms with Gasteiger partial charge in [-0.25, -0.2) is 4.98 Å².